The van der Waals surface area contributed by atoms with Crippen LogP contribution >= 0.6 is 0 Å². The van der Waals surface area contributed by atoms with Crippen LogP contribution in [0.25, 0.3) is 0 Å². The van der Waals surface area contributed by atoms with E-state index >= 15 is 0 Å². The predicted molar refractivity (Wildman–Crippen MR) is 89.4 cm³/mol. The first-order chi connectivity index (χ1) is 10.3. The van der Waals surface area contributed by atoms with E-state index in [-0.39, 0.29) is 0 Å². The average molecular weight is 282 g/mol. The van der Waals surface area contributed by atoms with Crippen molar-refractivity contribution in [3.05, 3.63) is 42.0 Å². The molecule has 1 aliphatic carbocycles. The molecule has 0 atom stereocenters. The van der Waals surface area contributed by atoms with Gasteiger partial charge in [-0.2, -0.15) is 0 Å². The van der Waals surface area contributed by atoms with E-state index < -0.39 is 0 Å². The Morgan fingerprint density at radius 3 is 2.48 bits per heavy atom. The van der Waals surface area contributed by atoms with E-state index in [1.807, 2.05) is 30.3 Å². The summed E-state index contributed by atoms with van der Waals surface area (Å²) in [5.41, 5.74) is 1.03. The molecule has 1 nitrogen and oxygen atoms in total. The Hall–Kier alpha value is -1.68. The van der Waals surface area contributed by atoms with Crippen molar-refractivity contribution in [1.29, 1.82) is 0 Å². The number of methoxy groups -OCH3 is 1. The summed E-state index contributed by atoms with van der Waals surface area (Å²) in [6.07, 6.45) is 12.6. The second-order valence-corrected chi connectivity index (χ2v) is 5.93. The molecule has 0 spiro atoms. The largest absolute Gasteiger partial charge is 0.497 e. The Morgan fingerprint density at radius 2 is 1.86 bits per heavy atom. The first-order valence-electron chi connectivity index (χ1n) is 8.14. The highest BCUT2D eigenvalue weighted by Gasteiger charge is 2.18. The van der Waals surface area contributed by atoms with E-state index in [9.17, 15) is 0 Å². The molecule has 0 aromatic heterocycles. The molecule has 0 aliphatic heterocycles. The normalized spacial score (nSPS) is 21.8. The highest BCUT2D eigenvalue weighted by Crippen LogP contribution is 2.31. The zero-order valence-electron chi connectivity index (χ0n) is 13.3. The zero-order valence-corrected chi connectivity index (χ0v) is 13.3. The molecule has 0 saturated heterocycles. The van der Waals surface area contributed by atoms with Gasteiger partial charge in [0.2, 0.25) is 0 Å². The van der Waals surface area contributed by atoms with Crippen LogP contribution in [0.4, 0.5) is 0 Å². The smallest absolute Gasteiger partial charge is 0.118 e. The summed E-state index contributed by atoms with van der Waals surface area (Å²) >= 11 is 0. The van der Waals surface area contributed by atoms with Crippen molar-refractivity contribution in [2.24, 2.45) is 11.8 Å². The van der Waals surface area contributed by atoms with Gasteiger partial charge in [0.05, 0.1) is 7.11 Å². The van der Waals surface area contributed by atoms with Gasteiger partial charge in [-0.25, -0.2) is 0 Å². The molecule has 112 valence electrons. The first kappa shape index (κ1) is 15.7. The summed E-state index contributed by atoms with van der Waals surface area (Å²) in [5, 5.41) is 0. The van der Waals surface area contributed by atoms with Crippen LogP contribution in [-0.2, 0) is 0 Å². The Bertz CT molecular complexity index is 493. The van der Waals surface area contributed by atoms with Crippen LogP contribution in [0.5, 0.6) is 5.75 Å². The van der Waals surface area contributed by atoms with Crippen molar-refractivity contribution in [3.8, 4) is 17.6 Å². The topological polar surface area (TPSA) is 9.23 Å². The lowest BCUT2D eigenvalue weighted by Gasteiger charge is -2.26. The summed E-state index contributed by atoms with van der Waals surface area (Å²) in [5.74, 6) is 8.91. The molecule has 1 aromatic rings. The third-order valence-corrected chi connectivity index (χ3v) is 4.35. The minimum absolute atomic E-state index is 0.739. The molecule has 0 N–H and O–H groups in total. The monoisotopic (exact) mass is 282 g/mol. The Balaban J connectivity index is 1.79. The number of rotatable bonds is 4. The minimum Gasteiger partial charge on any atom is -0.497 e. The number of benzene rings is 1. The average Bonchev–Trinajstić information content (AvgIpc) is 2.54. The third-order valence-electron chi connectivity index (χ3n) is 4.35. The molecule has 0 unspecified atom stereocenters. The van der Waals surface area contributed by atoms with Gasteiger partial charge in [0.1, 0.15) is 5.75 Å². The van der Waals surface area contributed by atoms with Crippen LogP contribution < -0.4 is 4.74 Å². The van der Waals surface area contributed by atoms with E-state index in [4.69, 9.17) is 4.74 Å². The summed E-state index contributed by atoms with van der Waals surface area (Å²) in [4.78, 5) is 0. The summed E-state index contributed by atoms with van der Waals surface area (Å²) in [6, 6.07) is 7.89. The lowest BCUT2D eigenvalue weighted by atomic mass is 9.80. The van der Waals surface area contributed by atoms with Crippen LogP contribution in [0.2, 0.25) is 0 Å². The minimum atomic E-state index is 0.739. The Kier molecular flexibility index (Phi) is 6.41. The van der Waals surface area contributed by atoms with Gasteiger partial charge in [0, 0.05) is 5.56 Å². The first-order valence-corrected chi connectivity index (χ1v) is 8.14. The van der Waals surface area contributed by atoms with Gasteiger partial charge < -0.3 is 4.74 Å². The van der Waals surface area contributed by atoms with Gasteiger partial charge in [-0.1, -0.05) is 37.7 Å². The van der Waals surface area contributed by atoms with E-state index in [1.54, 1.807) is 7.11 Å². The summed E-state index contributed by atoms with van der Waals surface area (Å²) < 4.78 is 5.14. The molecule has 1 heteroatoms. The molecule has 21 heavy (non-hydrogen) atoms. The van der Waals surface area contributed by atoms with Crippen LogP contribution in [-0.4, -0.2) is 7.11 Å². The van der Waals surface area contributed by atoms with E-state index in [2.05, 4.69) is 24.8 Å². The number of hydrogen-bond donors (Lipinski definition) is 0. The van der Waals surface area contributed by atoms with Crippen molar-refractivity contribution in [3.63, 3.8) is 0 Å². The molecule has 1 aromatic carbocycles. The maximum atomic E-state index is 5.14. The van der Waals surface area contributed by atoms with Gasteiger partial charge in [0.15, 0.2) is 0 Å². The molecule has 1 saturated carbocycles. The van der Waals surface area contributed by atoms with Crippen molar-refractivity contribution >= 4 is 0 Å². The highest BCUT2D eigenvalue weighted by atomic mass is 16.5. The standard InChI is InChI=1S/C20H26O/c1-3-6-17-9-11-18(12-10-17)7-4-5-8-19-13-15-20(21-2)16-14-19/h4,7,13-18H,3,6,9-12H2,1-2H3. The van der Waals surface area contributed by atoms with Crippen molar-refractivity contribution in [1.82, 2.24) is 0 Å². The highest BCUT2D eigenvalue weighted by molar-refractivity contribution is 5.40. The summed E-state index contributed by atoms with van der Waals surface area (Å²) in [7, 11) is 1.68. The maximum absolute atomic E-state index is 5.14. The second-order valence-electron chi connectivity index (χ2n) is 5.93. The predicted octanol–water partition coefficient (Wildman–Crippen LogP) is 5.21. The Labute approximate surface area is 129 Å². The molecule has 2 rings (SSSR count). The maximum Gasteiger partial charge on any atom is 0.118 e. The number of hydrogen-bond acceptors (Lipinski definition) is 1. The fourth-order valence-corrected chi connectivity index (χ4v) is 3.06. The SMILES string of the molecule is CCCC1CCC(C=CC#Cc2ccc(OC)cc2)CC1. The third kappa shape index (κ3) is 5.31. The molecule has 0 amide bonds. The van der Waals surface area contributed by atoms with E-state index in [0.717, 1.165) is 23.1 Å². The number of ether oxygens (including phenoxy) is 1. The van der Waals surface area contributed by atoms with Crippen molar-refractivity contribution < 1.29 is 4.74 Å². The van der Waals surface area contributed by atoms with E-state index in [0.29, 0.717) is 0 Å². The van der Waals surface area contributed by atoms with Crippen LogP contribution in [0, 0.1) is 23.7 Å². The molecular formula is C20H26O. The van der Waals surface area contributed by atoms with Gasteiger partial charge in [-0.05, 0) is 67.9 Å². The molecular weight excluding hydrogens is 256 g/mol. The Morgan fingerprint density at radius 1 is 1.14 bits per heavy atom. The van der Waals surface area contributed by atoms with Crippen LogP contribution in [0.3, 0.4) is 0 Å². The van der Waals surface area contributed by atoms with E-state index in [1.165, 1.54) is 38.5 Å². The second kappa shape index (κ2) is 8.57. The molecule has 0 bridgehead atoms. The fourth-order valence-electron chi connectivity index (χ4n) is 3.06. The molecule has 1 aliphatic rings. The van der Waals surface area contributed by atoms with Gasteiger partial charge >= 0.3 is 0 Å². The zero-order chi connectivity index (χ0) is 14.9. The lowest BCUT2D eigenvalue weighted by molar-refractivity contribution is 0.294. The van der Waals surface area contributed by atoms with Gasteiger partial charge in [0.25, 0.3) is 0 Å². The van der Waals surface area contributed by atoms with Crippen molar-refractivity contribution in [2.75, 3.05) is 7.11 Å². The molecule has 1 fully saturated rings. The molecule has 0 radical (unpaired) electrons. The fraction of sp³-hybridized carbons (Fsp3) is 0.500. The van der Waals surface area contributed by atoms with Crippen LogP contribution in [0.15, 0.2) is 36.4 Å². The quantitative estimate of drug-likeness (QED) is 0.689. The van der Waals surface area contributed by atoms with Crippen molar-refractivity contribution in [2.45, 2.75) is 45.4 Å². The number of allylic oxidation sites excluding steroid dienone is 2. The van der Waals surface area contributed by atoms with Gasteiger partial charge in [-0.15, -0.1) is 0 Å². The molecule has 0 heterocycles. The summed E-state index contributed by atoms with van der Waals surface area (Å²) in [6.45, 7) is 2.29. The lowest BCUT2D eigenvalue weighted by Crippen LogP contribution is -2.12. The van der Waals surface area contributed by atoms with Gasteiger partial charge in [-0.3, -0.25) is 0 Å². The van der Waals surface area contributed by atoms with Crippen LogP contribution in [0.1, 0.15) is 51.0 Å².